The highest BCUT2D eigenvalue weighted by Gasteiger charge is 2.27. The summed E-state index contributed by atoms with van der Waals surface area (Å²) >= 11 is 5.96. The maximum Gasteiger partial charge on any atom is 0.191 e. The van der Waals surface area contributed by atoms with Crippen molar-refractivity contribution in [2.75, 3.05) is 24.6 Å². The van der Waals surface area contributed by atoms with Crippen LogP contribution < -0.4 is 10.6 Å². The summed E-state index contributed by atoms with van der Waals surface area (Å²) in [4.78, 5) is 4.51. The molecule has 0 radical (unpaired) electrons. The maximum atomic E-state index is 11.5. The second kappa shape index (κ2) is 7.83. The highest BCUT2D eigenvalue weighted by molar-refractivity contribution is 7.91. The summed E-state index contributed by atoms with van der Waals surface area (Å²) in [6.07, 6.45) is 0.725. The Morgan fingerprint density at radius 2 is 2.23 bits per heavy atom. The zero-order chi connectivity index (χ0) is 16.0. The van der Waals surface area contributed by atoms with Gasteiger partial charge in [-0.15, -0.1) is 0 Å². The molecule has 0 amide bonds. The number of nitrogens with one attached hydrogen (secondary N) is 2. The van der Waals surface area contributed by atoms with Crippen LogP contribution in [0.1, 0.15) is 18.9 Å². The van der Waals surface area contributed by atoms with E-state index in [1.807, 2.05) is 31.2 Å². The molecule has 0 bridgehead atoms. The van der Waals surface area contributed by atoms with Gasteiger partial charge in [-0.2, -0.15) is 0 Å². The molecule has 122 valence electrons. The van der Waals surface area contributed by atoms with Gasteiger partial charge in [0.05, 0.1) is 18.1 Å². The highest BCUT2D eigenvalue weighted by atomic mass is 35.5. The SMILES string of the molecule is CCNC(=NCc1cccc(Cl)c1)NCC1CCS(=O)(=O)C1. The van der Waals surface area contributed by atoms with Crippen LogP contribution in [-0.4, -0.2) is 39.0 Å². The second-order valence-electron chi connectivity index (χ2n) is 5.48. The lowest BCUT2D eigenvalue weighted by atomic mass is 10.1. The molecular weight excluding hydrogens is 322 g/mol. The van der Waals surface area contributed by atoms with Gasteiger partial charge in [0.2, 0.25) is 0 Å². The molecule has 5 nitrogen and oxygen atoms in total. The third kappa shape index (κ3) is 5.50. The maximum absolute atomic E-state index is 11.5. The Labute approximate surface area is 137 Å². The zero-order valence-electron chi connectivity index (χ0n) is 12.7. The first-order valence-electron chi connectivity index (χ1n) is 7.45. The van der Waals surface area contributed by atoms with Gasteiger partial charge >= 0.3 is 0 Å². The number of rotatable bonds is 5. The molecule has 1 aliphatic heterocycles. The van der Waals surface area contributed by atoms with Crippen LogP contribution in [0, 0.1) is 5.92 Å². The first-order chi connectivity index (χ1) is 10.5. The summed E-state index contributed by atoms with van der Waals surface area (Å²) in [5, 5.41) is 7.09. The van der Waals surface area contributed by atoms with Crippen molar-refractivity contribution in [1.82, 2.24) is 10.6 Å². The van der Waals surface area contributed by atoms with E-state index in [4.69, 9.17) is 11.6 Å². The number of sulfone groups is 1. The number of hydrogen-bond donors (Lipinski definition) is 2. The van der Waals surface area contributed by atoms with E-state index in [1.165, 1.54) is 0 Å². The molecule has 2 N–H and O–H groups in total. The summed E-state index contributed by atoms with van der Waals surface area (Å²) in [7, 11) is -2.83. The van der Waals surface area contributed by atoms with Gasteiger partial charge in [-0.05, 0) is 37.0 Å². The van der Waals surface area contributed by atoms with E-state index in [9.17, 15) is 8.42 Å². The molecule has 22 heavy (non-hydrogen) atoms. The predicted octanol–water partition coefficient (Wildman–Crippen LogP) is 1.83. The first-order valence-corrected chi connectivity index (χ1v) is 9.65. The topological polar surface area (TPSA) is 70.6 Å². The van der Waals surface area contributed by atoms with Crippen molar-refractivity contribution in [2.45, 2.75) is 19.9 Å². The normalized spacial score (nSPS) is 20.8. The zero-order valence-corrected chi connectivity index (χ0v) is 14.3. The number of benzene rings is 1. The number of hydrogen-bond acceptors (Lipinski definition) is 3. The molecule has 1 aromatic carbocycles. The van der Waals surface area contributed by atoms with Crippen LogP contribution in [0.15, 0.2) is 29.3 Å². The van der Waals surface area contributed by atoms with Gasteiger partial charge in [0.15, 0.2) is 15.8 Å². The number of guanidine groups is 1. The molecule has 1 atom stereocenters. The van der Waals surface area contributed by atoms with Gasteiger partial charge in [-0.3, -0.25) is 0 Å². The van der Waals surface area contributed by atoms with Crippen molar-refractivity contribution >= 4 is 27.4 Å². The molecule has 0 aliphatic carbocycles. The van der Waals surface area contributed by atoms with E-state index in [-0.39, 0.29) is 11.7 Å². The molecule has 0 spiro atoms. The monoisotopic (exact) mass is 343 g/mol. The molecule has 7 heteroatoms. The Morgan fingerprint density at radius 1 is 1.41 bits per heavy atom. The Kier molecular flexibility index (Phi) is 6.08. The van der Waals surface area contributed by atoms with Crippen LogP contribution in [0.3, 0.4) is 0 Å². The lowest BCUT2D eigenvalue weighted by Crippen LogP contribution is -2.40. The van der Waals surface area contributed by atoms with Crippen molar-refractivity contribution in [2.24, 2.45) is 10.9 Å². The minimum atomic E-state index is -2.83. The van der Waals surface area contributed by atoms with Crippen molar-refractivity contribution in [3.63, 3.8) is 0 Å². The van der Waals surface area contributed by atoms with E-state index in [2.05, 4.69) is 15.6 Å². The third-order valence-corrected chi connectivity index (χ3v) is 5.61. The van der Waals surface area contributed by atoms with Crippen molar-refractivity contribution in [3.8, 4) is 0 Å². The molecule has 1 heterocycles. The number of aliphatic imine (C=N–C) groups is 1. The lowest BCUT2D eigenvalue weighted by Gasteiger charge is -2.14. The summed E-state index contributed by atoms with van der Waals surface area (Å²) in [5.74, 6) is 1.44. The molecule has 1 aliphatic rings. The minimum Gasteiger partial charge on any atom is -0.357 e. The van der Waals surface area contributed by atoms with Crippen LogP contribution in [0.25, 0.3) is 0 Å². The van der Waals surface area contributed by atoms with Crippen LogP contribution in [0.5, 0.6) is 0 Å². The first kappa shape index (κ1) is 17.1. The van der Waals surface area contributed by atoms with Gasteiger partial charge in [0.25, 0.3) is 0 Å². The number of nitrogens with zero attached hydrogens (tertiary/aromatic N) is 1. The molecule has 1 fully saturated rings. The van der Waals surface area contributed by atoms with Crippen LogP contribution in [0.2, 0.25) is 5.02 Å². The van der Waals surface area contributed by atoms with Gasteiger partial charge < -0.3 is 10.6 Å². The molecule has 0 aromatic heterocycles. The van der Waals surface area contributed by atoms with E-state index in [1.54, 1.807) is 0 Å². The van der Waals surface area contributed by atoms with Crippen molar-refractivity contribution < 1.29 is 8.42 Å². The molecule has 1 unspecified atom stereocenters. The summed E-state index contributed by atoms with van der Waals surface area (Å²) in [5.41, 5.74) is 1.04. The summed E-state index contributed by atoms with van der Waals surface area (Å²) in [6, 6.07) is 7.59. The molecule has 1 saturated heterocycles. The largest absolute Gasteiger partial charge is 0.357 e. The lowest BCUT2D eigenvalue weighted by molar-refractivity contribution is 0.567. The van der Waals surface area contributed by atoms with Crippen LogP contribution >= 0.6 is 11.6 Å². The predicted molar refractivity (Wildman–Crippen MR) is 91.0 cm³/mol. The Bertz CT molecular complexity index is 631. The average molecular weight is 344 g/mol. The van der Waals surface area contributed by atoms with Crippen LogP contribution in [-0.2, 0) is 16.4 Å². The van der Waals surface area contributed by atoms with Gasteiger partial charge in [-0.1, -0.05) is 23.7 Å². The van der Waals surface area contributed by atoms with E-state index in [0.29, 0.717) is 29.8 Å². The standard InChI is InChI=1S/C15H22ClN3O2S/c1-2-17-15(18-9-12-4-3-5-14(16)8-12)19-10-13-6-7-22(20,21)11-13/h3-5,8,13H,2,6-7,9-11H2,1H3,(H2,17,18,19). The van der Waals surface area contributed by atoms with Crippen LogP contribution in [0.4, 0.5) is 0 Å². The molecular formula is C15H22ClN3O2S. The van der Waals surface area contributed by atoms with Crippen molar-refractivity contribution in [3.05, 3.63) is 34.9 Å². The molecule has 1 aromatic rings. The fourth-order valence-corrected chi connectivity index (χ4v) is 4.50. The fourth-order valence-electron chi connectivity index (χ4n) is 2.42. The van der Waals surface area contributed by atoms with E-state index >= 15 is 0 Å². The summed E-state index contributed by atoms with van der Waals surface area (Å²) < 4.78 is 22.9. The minimum absolute atomic E-state index is 0.167. The van der Waals surface area contributed by atoms with Gasteiger partial charge in [-0.25, -0.2) is 13.4 Å². The van der Waals surface area contributed by atoms with Gasteiger partial charge in [0.1, 0.15) is 0 Å². The average Bonchev–Trinajstić information content (AvgIpc) is 2.81. The van der Waals surface area contributed by atoms with Gasteiger partial charge in [0, 0.05) is 18.1 Å². The quantitative estimate of drug-likeness (QED) is 0.632. The smallest absolute Gasteiger partial charge is 0.191 e. The second-order valence-corrected chi connectivity index (χ2v) is 8.14. The van der Waals surface area contributed by atoms with Crippen molar-refractivity contribution in [1.29, 1.82) is 0 Å². The number of halogens is 1. The highest BCUT2D eigenvalue weighted by Crippen LogP contribution is 2.17. The molecule has 0 saturated carbocycles. The Hall–Kier alpha value is -1.27. The summed E-state index contributed by atoms with van der Waals surface area (Å²) in [6.45, 7) is 3.90. The van der Waals surface area contributed by atoms with E-state index in [0.717, 1.165) is 18.5 Å². The fraction of sp³-hybridized carbons (Fsp3) is 0.533. The Balaban J connectivity index is 1.90. The van der Waals surface area contributed by atoms with E-state index < -0.39 is 9.84 Å². The Morgan fingerprint density at radius 3 is 2.86 bits per heavy atom. The molecule has 2 rings (SSSR count). The third-order valence-electron chi connectivity index (χ3n) is 3.54.